The summed E-state index contributed by atoms with van der Waals surface area (Å²) in [5.74, 6) is -1.83. The molecule has 7 nitrogen and oxygen atoms in total. The number of ether oxygens (including phenoxy) is 1. The molecular weight excluding hydrogens is 427 g/mol. The van der Waals surface area contributed by atoms with Crippen LogP contribution in [0.2, 0.25) is 5.02 Å². The number of hydrogen-bond acceptors (Lipinski definition) is 6. The number of aryl methyl sites for hydroxylation is 1. The maximum absolute atomic E-state index is 13.5. The summed E-state index contributed by atoms with van der Waals surface area (Å²) in [6.07, 6.45) is 0. The Morgan fingerprint density at radius 1 is 1.19 bits per heavy atom. The van der Waals surface area contributed by atoms with Crippen LogP contribution < -0.4 is 9.64 Å². The second kappa shape index (κ2) is 7.88. The van der Waals surface area contributed by atoms with Crippen LogP contribution in [0.25, 0.3) is 5.76 Å². The SMILES string of the molecule is COc1ccc(/C(O)=C2\C(=O)C(=O)N(c3cc(C)on3)[C@@H]2c2ccc(F)cc2)cc1Cl. The van der Waals surface area contributed by atoms with Gasteiger partial charge < -0.3 is 14.4 Å². The molecule has 0 aliphatic carbocycles. The number of nitrogens with zero attached hydrogens (tertiary/aromatic N) is 2. The molecular formula is C22H16ClFN2O5. The summed E-state index contributed by atoms with van der Waals surface area (Å²) in [4.78, 5) is 27.0. The number of aromatic nitrogens is 1. The van der Waals surface area contributed by atoms with Gasteiger partial charge in [-0.1, -0.05) is 28.9 Å². The normalized spacial score (nSPS) is 17.9. The maximum atomic E-state index is 13.5. The Hall–Kier alpha value is -3.65. The number of carbonyl (C=O) groups excluding carboxylic acids is 2. The Morgan fingerprint density at radius 2 is 1.90 bits per heavy atom. The number of benzene rings is 2. The van der Waals surface area contributed by atoms with Crippen LogP contribution in [0.3, 0.4) is 0 Å². The fraction of sp³-hybridized carbons (Fsp3) is 0.136. The van der Waals surface area contributed by atoms with Gasteiger partial charge in [0.25, 0.3) is 5.78 Å². The minimum atomic E-state index is -1.05. The van der Waals surface area contributed by atoms with Crippen molar-refractivity contribution in [3.8, 4) is 5.75 Å². The first-order valence-electron chi connectivity index (χ1n) is 9.15. The topological polar surface area (TPSA) is 92.9 Å². The van der Waals surface area contributed by atoms with E-state index in [-0.39, 0.29) is 22.0 Å². The fourth-order valence-electron chi connectivity index (χ4n) is 3.47. The summed E-state index contributed by atoms with van der Waals surface area (Å²) < 4.78 is 23.7. The maximum Gasteiger partial charge on any atom is 0.301 e. The number of aliphatic hydroxyl groups is 1. The number of Topliss-reactive ketones (excluding diaryl/α,β-unsaturated/α-hetero) is 1. The van der Waals surface area contributed by atoms with Gasteiger partial charge in [0.05, 0.1) is 23.7 Å². The van der Waals surface area contributed by atoms with Crippen LogP contribution in [0.5, 0.6) is 5.75 Å². The predicted octanol–water partition coefficient (Wildman–Crippen LogP) is 4.41. The Balaban J connectivity index is 1.93. The minimum Gasteiger partial charge on any atom is -0.507 e. The van der Waals surface area contributed by atoms with Crippen molar-refractivity contribution in [2.75, 3.05) is 12.0 Å². The highest BCUT2D eigenvalue weighted by Crippen LogP contribution is 2.42. The molecule has 3 aromatic rings. The van der Waals surface area contributed by atoms with Gasteiger partial charge in [0.15, 0.2) is 5.82 Å². The van der Waals surface area contributed by atoms with Crippen LogP contribution in [0, 0.1) is 12.7 Å². The monoisotopic (exact) mass is 442 g/mol. The van der Waals surface area contributed by atoms with Crippen molar-refractivity contribution in [3.05, 3.63) is 81.8 Å². The molecule has 1 aromatic heterocycles. The first-order chi connectivity index (χ1) is 14.8. The number of halogens is 2. The van der Waals surface area contributed by atoms with Gasteiger partial charge in [-0.25, -0.2) is 4.39 Å². The molecule has 1 fully saturated rings. The summed E-state index contributed by atoms with van der Waals surface area (Å²) in [6, 6.07) is 10.2. The average molecular weight is 443 g/mol. The van der Waals surface area contributed by atoms with Gasteiger partial charge in [-0.2, -0.15) is 0 Å². The average Bonchev–Trinajstić information content (AvgIpc) is 3.29. The molecule has 4 rings (SSSR count). The number of anilines is 1. The highest BCUT2D eigenvalue weighted by Gasteiger charge is 2.48. The molecule has 158 valence electrons. The first kappa shape index (κ1) is 20.6. The number of hydrogen-bond donors (Lipinski definition) is 1. The van der Waals surface area contributed by atoms with Gasteiger partial charge in [0.1, 0.15) is 23.1 Å². The van der Waals surface area contributed by atoms with Gasteiger partial charge in [-0.05, 0) is 42.8 Å². The lowest BCUT2D eigenvalue weighted by Crippen LogP contribution is -2.29. The van der Waals surface area contributed by atoms with Crippen LogP contribution in [0.15, 0.2) is 58.6 Å². The number of rotatable bonds is 4. The van der Waals surface area contributed by atoms with Crippen molar-refractivity contribution >= 4 is 34.9 Å². The molecule has 1 saturated heterocycles. The number of methoxy groups -OCH3 is 1. The fourth-order valence-corrected chi connectivity index (χ4v) is 3.72. The Bertz CT molecular complexity index is 1220. The van der Waals surface area contributed by atoms with E-state index in [4.69, 9.17) is 20.9 Å². The largest absolute Gasteiger partial charge is 0.507 e. The molecule has 9 heteroatoms. The molecule has 1 amide bonds. The summed E-state index contributed by atoms with van der Waals surface area (Å²) in [5, 5.41) is 15.1. The zero-order valence-electron chi connectivity index (χ0n) is 16.4. The second-order valence-electron chi connectivity index (χ2n) is 6.87. The van der Waals surface area contributed by atoms with Crippen LogP contribution in [0.1, 0.15) is 22.9 Å². The third-order valence-corrected chi connectivity index (χ3v) is 5.21. The number of ketones is 1. The van der Waals surface area contributed by atoms with Crippen LogP contribution >= 0.6 is 11.6 Å². The highest BCUT2D eigenvalue weighted by atomic mass is 35.5. The molecule has 2 heterocycles. The summed E-state index contributed by atoms with van der Waals surface area (Å²) >= 11 is 6.16. The molecule has 0 bridgehead atoms. The van der Waals surface area contributed by atoms with Gasteiger partial charge in [-0.3, -0.25) is 14.5 Å². The lowest BCUT2D eigenvalue weighted by molar-refractivity contribution is -0.132. The Kier molecular flexibility index (Phi) is 5.24. The molecule has 1 N–H and O–H groups in total. The number of carbonyl (C=O) groups is 2. The standard InChI is InChI=1S/C22H16ClFN2O5/c1-11-9-17(25-31-11)26-19(12-3-6-14(24)7-4-12)18(21(28)22(26)29)20(27)13-5-8-16(30-2)15(23)10-13/h3-10,19,27H,1-2H3/b20-18+/t19-/m1/s1. The van der Waals surface area contributed by atoms with E-state index in [2.05, 4.69) is 5.16 Å². The Labute approximate surface area is 181 Å². The molecule has 0 radical (unpaired) electrons. The lowest BCUT2D eigenvalue weighted by Gasteiger charge is -2.22. The van der Waals surface area contributed by atoms with E-state index >= 15 is 0 Å². The molecule has 0 unspecified atom stereocenters. The van der Waals surface area contributed by atoms with Gasteiger partial charge >= 0.3 is 5.91 Å². The third-order valence-electron chi connectivity index (χ3n) is 4.92. The van der Waals surface area contributed by atoms with Crippen molar-refractivity contribution in [3.63, 3.8) is 0 Å². The van der Waals surface area contributed by atoms with E-state index in [1.165, 1.54) is 55.6 Å². The van der Waals surface area contributed by atoms with E-state index in [0.717, 1.165) is 4.90 Å². The van der Waals surface area contributed by atoms with Crippen LogP contribution in [-0.2, 0) is 9.59 Å². The smallest absolute Gasteiger partial charge is 0.301 e. The van der Waals surface area contributed by atoms with E-state index in [9.17, 15) is 19.1 Å². The zero-order valence-corrected chi connectivity index (χ0v) is 17.2. The third kappa shape index (κ3) is 3.55. The number of amides is 1. The van der Waals surface area contributed by atoms with Crippen molar-refractivity contribution in [1.82, 2.24) is 5.16 Å². The van der Waals surface area contributed by atoms with Gasteiger partial charge in [-0.15, -0.1) is 0 Å². The molecule has 31 heavy (non-hydrogen) atoms. The van der Waals surface area contributed by atoms with E-state index in [1.807, 2.05) is 0 Å². The predicted molar refractivity (Wildman–Crippen MR) is 110 cm³/mol. The van der Waals surface area contributed by atoms with Crippen LogP contribution in [-0.4, -0.2) is 29.1 Å². The lowest BCUT2D eigenvalue weighted by atomic mass is 9.95. The first-order valence-corrected chi connectivity index (χ1v) is 9.53. The minimum absolute atomic E-state index is 0.0979. The second-order valence-corrected chi connectivity index (χ2v) is 7.27. The van der Waals surface area contributed by atoms with Crippen molar-refractivity contribution in [2.24, 2.45) is 0 Å². The van der Waals surface area contributed by atoms with Crippen LogP contribution in [0.4, 0.5) is 10.2 Å². The van der Waals surface area contributed by atoms with E-state index in [1.54, 1.807) is 6.92 Å². The van der Waals surface area contributed by atoms with E-state index < -0.39 is 29.3 Å². The molecule has 0 saturated carbocycles. The molecule has 0 spiro atoms. The summed E-state index contributed by atoms with van der Waals surface area (Å²) in [5.41, 5.74) is 0.438. The molecule has 1 aliphatic heterocycles. The van der Waals surface area contributed by atoms with Gasteiger partial charge in [0, 0.05) is 11.6 Å². The van der Waals surface area contributed by atoms with Crippen molar-refractivity contribution < 1.29 is 28.3 Å². The zero-order chi connectivity index (χ0) is 22.3. The van der Waals surface area contributed by atoms with Crippen molar-refractivity contribution in [2.45, 2.75) is 13.0 Å². The number of aliphatic hydroxyl groups excluding tert-OH is 1. The van der Waals surface area contributed by atoms with E-state index in [0.29, 0.717) is 17.1 Å². The molecule has 1 aliphatic rings. The summed E-state index contributed by atoms with van der Waals surface area (Å²) in [6.45, 7) is 1.64. The molecule has 2 aromatic carbocycles. The molecule has 1 atom stereocenters. The summed E-state index contributed by atoms with van der Waals surface area (Å²) in [7, 11) is 1.45. The van der Waals surface area contributed by atoms with Gasteiger partial charge in [0.2, 0.25) is 0 Å². The Morgan fingerprint density at radius 3 is 2.48 bits per heavy atom. The highest BCUT2D eigenvalue weighted by molar-refractivity contribution is 6.51. The quantitative estimate of drug-likeness (QED) is 0.365. The van der Waals surface area contributed by atoms with Crippen molar-refractivity contribution in [1.29, 1.82) is 0 Å².